The van der Waals surface area contributed by atoms with Crippen molar-refractivity contribution in [2.45, 2.75) is 10.5 Å². The Hall–Kier alpha value is -3.66. The minimum atomic E-state index is -4.60. The number of alkyl halides is 3. The van der Waals surface area contributed by atoms with Gasteiger partial charge in [-0.05, 0) is 42.5 Å². The number of fused-ring (bicyclic) bond motifs is 1. The third-order valence-electron chi connectivity index (χ3n) is 4.38. The average molecular weight is 443 g/mol. The van der Waals surface area contributed by atoms with Gasteiger partial charge in [0.1, 0.15) is 5.03 Å². The van der Waals surface area contributed by atoms with Gasteiger partial charge in [-0.2, -0.15) is 13.2 Å². The van der Waals surface area contributed by atoms with E-state index in [0.29, 0.717) is 0 Å². The molecule has 156 valence electrons. The SMILES string of the molecule is O=C(Nc1cccc(N2C(=O)c3ccccc3C2=O)c1)c1cccnc1SC(F)(F)F. The molecular formula is C21H12F3N3O3S. The molecule has 0 bridgehead atoms. The van der Waals surface area contributed by atoms with E-state index in [1.54, 1.807) is 24.3 Å². The van der Waals surface area contributed by atoms with E-state index >= 15 is 0 Å². The summed E-state index contributed by atoms with van der Waals surface area (Å²) < 4.78 is 38.2. The zero-order chi connectivity index (χ0) is 22.2. The Labute approximate surface area is 178 Å². The van der Waals surface area contributed by atoms with Crippen molar-refractivity contribution in [1.29, 1.82) is 0 Å². The molecule has 0 radical (unpaired) electrons. The van der Waals surface area contributed by atoms with Gasteiger partial charge in [0.25, 0.3) is 17.7 Å². The Kier molecular flexibility index (Phi) is 5.24. The summed E-state index contributed by atoms with van der Waals surface area (Å²) in [6.45, 7) is 0. The minimum absolute atomic E-state index is 0.200. The molecule has 1 N–H and O–H groups in total. The van der Waals surface area contributed by atoms with E-state index in [4.69, 9.17) is 0 Å². The Morgan fingerprint density at radius 2 is 1.61 bits per heavy atom. The topological polar surface area (TPSA) is 79.4 Å². The molecule has 1 aliphatic heterocycles. The number of hydrogen-bond donors (Lipinski definition) is 1. The summed E-state index contributed by atoms with van der Waals surface area (Å²) in [6.07, 6.45) is 1.16. The van der Waals surface area contributed by atoms with Crippen molar-refractivity contribution in [1.82, 2.24) is 4.98 Å². The van der Waals surface area contributed by atoms with Gasteiger partial charge in [-0.3, -0.25) is 14.4 Å². The standard InChI is InChI=1S/C21H12F3N3O3S/c22-21(23,24)31-18-16(9-4-10-25-18)17(28)26-12-5-3-6-13(11-12)27-19(29)14-7-1-2-8-15(14)20(27)30/h1-11H,(H,26,28). The molecule has 3 amide bonds. The number of carbonyl (C=O) groups is 3. The maximum absolute atomic E-state index is 12.7. The summed E-state index contributed by atoms with van der Waals surface area (Å²) in [5, 5.41) is 2.01. The van der Waals surface area contributed by atoms with Gasteiger partial charge >= 0.3 is 5.51 Å². The molecule has 0 aliphatic carbocycles. The second-order valence-corrected chi connectivity index (χ2v) is 7.45. The number of nitrogens with one attached hydrogen (secondary N) is 1. The van der Waals surface area contributed by atoms with E-state index in [-0.39, 0.29) is 28.1 Å². The number of hydrogen-bond acceptors (Lipinski definition) is 5. The van der Waals surface area contributed by atoms with Crippen LogP contribution in [0.3, 0.4) is 0 Å². The first-order chi connectivity index (χ1) is 14.7. The van der Waals surface area contributed by atoms with Gasteiger partial charge in [0.05, 0.1) is 22.4 Å². The quantitative estimate of drug-likeness (QED) is 0.465. The first-order valence-electron chi connectivity index (χ1n) is 8.84. The molecule has 3 aromatic rings. The van der Waals surface area contributed by atoms with Crippen LogP contribution in [0.4, 0.5) is 24.5 Å². The highest BCUT2D eigenvalue weighted by molar-refractivity contribution is 8.00. The number of imide groups is 1. The molecule has 6 nitrogen and oxygen atoms in total. The lowest BCUT2D eigenvalue weighted by Crippen LogP contribution is -2.29. The highest BCUT2D eigenvalue weighted by atomic mass is 32.2. The molecule has 0 fully saturated rings. The molecule has 31 heavy (non-hydrogen) atoms. The molecule has 0 unspecified atom stereocenters. The molecule has 1 aromatic heterocycles. The summed E-state index contributed by atoms with van der Waals surface area (Å²) in [7, 11) is 0. The van der Waals surface area contributed by atoms with Crippen molar-refractivity contribution in [3.05, 3.63) is 83.6 Å². The lowest BCUT2D eigenvalue weighted by Gasteiger charge is -2.16. The van der Waals surface area contributed by atoms with E-state index < -0.39 is 40.0 Å². The predicted molar refractivity (Wildman–Crippen MR) is 108 cm³/mol. The van der Waals surface area contributed by atoms with Crippen molar-refractivity contribution in [2.75, 3.05) is 10.2 Å². The zero-order valence-corrected chi connectivity index (χ0v) is 16.3. The third kappa shape index (κ3) is 4.15. The normalized spacial score (nSPS) is 13.3. The first-order valence-corrected chi connectivity index (χ1v) is 9.66. The first kappa shape index (κ1) is 20.6. The highest BCUT2D eigenvalue weighted by Gasteiger charge is 2.36. The maximum Gasteiger partial charge on any atom is 0.447 e. The number of aromatic nitrogens is 1. The van der Waals surface area contributed by atoms with Crippen LogP contribution in [0.5, 0.6) is 0 Å². The summed E-state index contributed by atoms with van der Waals surface area (Å²) in [5.74, 6) is -1.81. The van der Waals surface area contributed by atoms with E-state index in [2.05, 4.69) is 10.3 Å². The zero-order valence-electron chi connectivity index (χ0n) is 15.5. The molecule has 0 saturated heterocycles. The van der Waals surface area contributed by atoms with Crippen LogP contribution in [-0.2, 0) is 0 Å². The maximum atomic E-state index is 12.7. The van der Waals surface area contributed by atoms with Crippen LogP contribution in [0, 0.1) is 0 Å². The number of thioether (sulfide) groups is 1. The van der Waals surface area contributed by atoms with E-state index in [1.807, 2.05) is 0 Å². The Bertz CT molecular complexity index is 1180. The van der Waals surface area contributed by atoms with Gasteiger partial charge in [-0.1, -0.05) is 18.2 Å². The second-order valence-electron chi connectivity index (χ2n) is 6.40. The number of anilines is 2. The van der Waals surface area contributed by atoms with Crippen LogP contribution in [0.15, 0.2) is 71.9 Å². The largest absolute Gasteiger partial charge is 0.447 e. The Morgan fingerprint density at radius 1 is 0.935 bits per heavy atom. The highest BCUT2D eigenvalue weighted by Crippen LogP contribution is 2.37. The molecule has 10 heteroatoms. The molecule has 2 aromatic carbocycles. The Morgan fingerprint density at radius 3 is 2.26 bits per heavy atom. The predicted octanol–water partition coefficient (Wildman–Crippen LogP) is 4.75. The second kappa shape index (κ2) is 7.88. The van der Waals surface area contributed by atoms with Crippen LogP contribution in [-0.4, -0.2) is 28.2 Å². The Balaban J connectivity index is 1.59. The number of rotatable bonds is 4. The smallest absolute Gasteiger partial charge is 0.322 e. The van der Waals surface area contributed by atoms with Gasteiger partial charge in [0.15, 0.2) is 0 Å². The van der Waals surface area contributed by atoms with Crippen LogP contribution in [0.2, 0.25) is 0 Å². The van der Waals surface area contributed by atoms with Gasteiger partial charge in [-0.15, -0.1) is 0 Å². The number of pyridine rings is 1. The number of nitrogens with zero attached hydrogens (tertiary/aromatic N) is 2. The third-order valence-corrected chi connectivity index (χ3v) is 5.13. The van der Waals surface area contributed by atoms with Crippen LogP contribution < -0.4 is 10.2 Å². The van der Waals surface area contributed by atoms with E-state index in [1.165, 1.54) is 36.4 Å². The summed E-state index contributed by atoms with van der Waals surface area (Å²) in [6, 6.07) is 14.9. The number of halogens is 3. The van der Waals surface area contributed by atoms with Crippen LogP contribution in [0.1, 0.15) is 31.1 Å². The van der Waals surface area contributed by atoms with Crippen LogP contribution >= 0.6 is 11.8 Å². The van der Waals surface area contributed by atoms with Gasteiger partial charge in [0.2, 0.25) is 0 Å². The molecule has 2 heterocycles. The molecule has 1 aliphatic rings. The van der Waals surface area contributed by atoms with Crippen molar-refractivity contribution in [3.8, 4) is 0 Å². The molecule has 0 saturated carbocycles. The minimum Gasteiger partial charge on any atom is -0.322 e. The summed E-state index contributed by atoms with van der Waals surface area (Å²) in [4.78, 5) is 42.5. The van der Waals surface area contributed by atoms with Gasteiger partial charge < -0.3 is 5.32 Å². The monoisotopic (exact) mass is 443 g/mol. The molecule has 0 atom stereocenters. The molecule has 0 spiro atoms. The number of benzene rings is 2. The summed E-state index contributed by atoms with van der Waals surface area (Å²) >= 11 is -0.486. The van der Waals surface area contributed by atoms with E-state index in [0.717, 1.165) is 11.1 Å². The fraction of sp³-hybridized carbons (Fsp3) is 0.0476. The van der Waals surface area contributed by atoms with Crippen molar-refractivity contribution in [3.63, 3.8) is 0 Å². The van der Waals surface area contributed by atoms with Crippen molar-refractivity contribution < 1.29 is 27.6 Å². The molecular weight excluding hydrogens is 431 g/mol. The van der Waals surface area contributed by atoms with Gasteiger partial charge in [0, 0.05) is 23.6 Å². The number of amides is 3. The van der Waals surface area contributed by atoms with E-state index in [9.17, 15) is 27.6 Å². The van der Waals surface area contributed by atoms with Crippen molar-refractivity contribution in [2.24, 2.45) is 0 Å². The number of carbonyl (C=O) groups excluding carboxylic acids is 3. The van der Waals surface area contributed by atoms with Crippen molar-refractivity contribution >= 4 is 40.9 Å². The lowest BCUT2D eigenvalue weighted by atomic mass is 10.1. The average Bonchev–Trinajstić information content (AvgIpc) is 2.98. The van der Waals surface area contributed by atoms with Crippen LogP contribution in [0.25, 0.3) is 0 Å². The van der Waals surface area contributed by atoms with Gasteiger partial charge in [-0.25, -0.2) is 9.88 Å². The fourth-order valence-electron chi connectivity index (χ4n) is 3.10. The molecule has 4 rings (SSSR count). The fourth-order valence-corrected chi connectivity index (χ4v) is 3.70. The summed E-state index contributed by atoms with van der Waals surface area (Å²) in [5.41, 5.74) is -3.89. The lowest BCUT2D eigenvalue weighted by molar-refractivity contribution is -0.0329.